The number of amides is 1. The Hall–Kier alpha value is -2.27. The van der Waals surface area contributed by atoms with E-state index < -0.39 is 0 Å². The molecule has 3 heterocycles. The number of anilines is 1. The van der Waals surface area contributed by atoms with Crippen LogP contribution in [0.2, 0.25) is 0 Å². The van der Waals surface area contributed by atoms with E-state index in [1.807, 2.05) is 23.1 Å². The van der Waals surface area contributed by atoms with Gasteiger partial charge in [-0.25, -0.2) is 0 Å². The van der Waals surface area contributed by atoms with Crippen LogP contribution in [0.4, 0.5) is 5.69 Å². The maximum atomic E-state index is 13.3. The monoisotopic (exact) mass is 325 g/mol. The molecule has 0 N–H and O–H groups in total. The fraction of sp³-hybridized carbons (Fsp3) is 0.421. The van der Waals surface area contributed by atoms with Crippen LogP contribution in [0, 0.1) is 0 Å². The van der Waals surface area contributed by atoms with E-state index in [1.165, 1.54) is 5.69 Å². The summed E-state index contributed by atoms with van der Waals surface area (Å²) in [5.74, 6) is 0.122. The largest absolute Gasteiger partial charge is 0.378 e. The molecule has 1 amide bonds. The topological polar surface area (TPSA) is 37.7 Å². The van der Waals surface area contributed by atoms with Gasteiger partial charge in [0.15, 0.2) is 0 Å². The van der Waals surface area contributed by atoms with E-state index in [1.54, 1.807) is 0 Å². The Balaban J connectivity index is 1.63. The Kier molecular flexibility index (Phi) is 4.02. The molecule has 1 aromatic carbocycles. The zero-order valence-electron chi connectivity index (χ0n) is 14.0. The predicted octanol–water partition coefficient (Wildman–Crippen LogP) is 2.54. The van der Waals surface area contributed by atoms with Crippen LogP contribution in [0.25, 0.3) is 0 Å². The van der Waals surface area contributed by atoms with Gasteiger partial charge in [-0.15, -0.1) is 0 Å². The summed E-state index contributed by atoms with van der Waals surface area (Å²) in [6.07, 6.45) is 2.09. The second kappa shape index (κ2) is 6.32. The van der Waals surface area contributed by atoms with E-state index >= 15 is 0 Å². The SMILES string of the molecule is C[C@H]1c2cccn2CCN1C(=O)c1ccccc1N1CCOCC1. The molecule has 2 aliphatic rings. The third-order valence-electron chi connectivity index (χ3n) is 5.09. The number of morpholine rings is 1. The standard InChI is InChI=1S/C19H23N3O2/c1-15-17-7-4-8-20(17)9-10-22(15)19(23)16-5-2-3-6-18(16)21-11-13-24-14-12-21/h2-8,15H,9-14H2,1H3/t15-/m0/s1. The highest BCUT2D eigenvalue weighted by atomic mass is 16.5. The molecule has 1 aromatic heterocycles. The maximum absolute atomic E-state index is 13.3. The lowest BCUT2D eigenvalue weighted by Crippen LogP contribution is -2.42. The molecular formula is C19H23N3O2. The average molecular weight is 325 g/mol. The molecular weight excluding hydrogens is 302 g/mol. The molecule has 5 heteroatoms. The molecule has 0 spiro atoms. The number of carbonyl (C=O) groups excluding carboxylic acids is 1. The van der Waals surface area contributed by atoms with Crippen LogP contribution in [-0.2, 0) is 11.3 Å². The van der Waals surface area contributed by atoms with Gasteiger partial charge in [-0.3, -0.25) is 4.79 Å². The second-order valence-corrected chi connectivity index (χ2v) is 6.42. The first-order chi connectivity index (χ1) is 11.8. The highest BCUT2D eigenvalue weighted by Gasteiger charge is 2.30. The first kappa shape index (κ1) is 15.3. The molecule has 4 rings (SSSR count). The number of ether oxygens (including phenoxy) is 1. The molecule has 1 fully saturated rings. The Morgan fingerprint density at radius 1 is 1.04 bits per heavy atom. The van der Waals surface area contributed by atoms with Gasteiger partial charge in [-0.05, 0) is 31.2 Å². The first-order valence-corrected chi connectivity index (χ1v) is 8.63. The number of rotatable bonds is 2. The molecule has 1 atom stereocenters. The van der Waals surface area contributed by atoms with Gasteiger partial charge in [0.05, 0.1) is 24.8 Å². The molecule has 0 saturated carbocycles. The van der Waals surface area contributed by atoms with Crippen molar-refractivity contribution >= 4 is 11.6 Å². The number of para-hydroxylation sites is 1. The van der Waals surface area contributed by atoms with E-state index in [0.717, 1.165) is 50.6 Å². The van der Waals surface area contributed by atoms with Crippen molar-refractivity contribution in [2.24, 2.45) is 0 Å². The number of fused-ring (bicyclic) bond motifs is 1. The highest BCUT2D eigenvalue weighted by molar-refractivity contribution is 6.00. The number of benzene rings is 1. The Bertz CT molecular complexity index is 734. The van der Waals surface area contributed by atoms with Crippen LogP contribution in [0.15, 0.2) is 42.6 Å². The summed E-state index contributed by atoms with van der Waals surface area (Å²) in [6.45, 7) is 6.83. The first-order valence-electron chi connectivity index (χ1n) is 8.63. The van der Waals surface area contributed by atoms with E-state index in [2.05, 4.69) is 40.8 Å². The molecule has 126 valence electrons. The Morgan fingerprint density at radius 3 is 2.67 bits per heavy atom. The summed E-state index contributed by atoms with van der Waals surface area (Å²) in [4.78, 5) is 17.5. The van der Waals surface area contributed by atoms with Crippen LogP contribution in [-0.4, -0.2) is 48.2 Å². The summed E-state index contributed by atoms with van der Waals surface area (Å²) in [5.41, 5.74) is 3.03. The third-order valence-corrected chi connectivity index (χ3v) is 5.09. The minimum atomic E-state index is 0.0963. The second-order valence-electron chi connectivity index (χ2n) is 6.42. The number of nitrogens with zero attached hydrogens (tertiary/aromatic N) is 3. The number of hydrogen-bond donors (Lipinski definition) is 0. The van der Waals surface area contributed by atoms with Crippen molar-refractivity contribution in [1.29, 1.82) is 0 Å². The molecule has 0 bridgehead atoms. The zero-order chi connectivity index (χ0) is 16.5. The Morgan fingerprint density at radius 2 is 1.83 bits per heavy atom. The van der Waals surface area contributed by atoms with Crippen LogP contribution < -0.4 is 4.90 Å². The summed E-state index contributed by atoms with van der Waals surface area (Å²) in [7, 11) is 0. The smallest absolute Gasteiger partial charge is 0.256 e. The van der Waals surface area contributed by atoms with Gasteiger partial charge in [-0.2, -0.15) is 0 Å². The highest BCUT2D eigenvalue weighted by Crippen LogP contribution is 2.30. The Labute approximate surface area is 142 Å². The minimum absolute atomic E-state index is 0.0963. The summed E-state index contributed by atoms with van der Waals surface area (Å²) < 4.78 is 7.68. The van der Waals surface area contributed by atoms with Gasteiger partial charge in [0.2, 0.25) is 0 Å². The van der Waals surface area contributed by atoms with Crippen molar-refractivity contribution in [3.63, 3.8) is 0 Å². The van der Waals surface area contributed by atoms with Crippen LogP contribution >= 0.6 is 0 Å². The van der Waals surface area contributed by atoms with Crippen molar-refractivity contribution in [2.75, 3.05) is 37.7 Å². The van der Waals surface area contributed by atoms with Gasteiger partial charge < -0.3 is 19.1 Å². The average Bonchev–Trinajstić information content (AvgIpc) is 3.12. The summed E-state index contributed by atoms with van der Waals surface area (Å²) in [6, 6.07) is 12.2. The van der Waals surface area contributed by atoms with Gasteiger partial charge in [0.25, 0.3) is 5.91 Å². The predicted molar refractivity (Wildman–Crippen MR) is 93.4 cm³/mol. The van der Waals surface area contributed by atoms with Crippen LogP contribution in [0.3, 0.4) is 0 Å². The van der Waals surface area contributed by atoms with E-state index in [4.69, 9.17) is 4.74 Å². The molecule has 2 aliphatic heterocycles. The lowest BCUT2D eigenvalue weighted by molar-refractivity contribution is 0.0643. The van der Waals surface area contributed by atoms with E-state index in [-0.39, 0.29) is 11.9 Å². The van der Waals surface area contributed by atoms with Gasteiger partial charge in [0, 0.05) is 43.8 Å². The van der Waals surface area contributed by atoms with Crippen molar-refractivity contribution < 1.29 is 9.53 Å². The number of aromatic nitrogens is 1. The molecule has 0 unspecified atom stereocenters. The fourth-order valence-electron chi connectivity index (χ4n) is 3.75. The zero-order valence-corrected chi connectivity index (χ0v) is 14.0. The molecule has 24 heavy (non-hydrogen) atoms. The lowest BCUT2D eigenvalue weighted by Gasteiger charge is -2.36. The molecule has 2 aromatic rings. The van der Waals surface area contributed by atoms with Gasteiger partial charge >= 0.3 is 0 Å². The van der Waals surface area contributed by atoms with Gasteiger partial charge in [0.1, 0.15) is 0 Å². The fourth-order valence-corrected chi connectivity index (χ4v) is 3.75. The molecule has 1 saturated heterocycles. The molecule has 0 aliphatic carbocycles. The van der Waals surface area contributed by atoms with E-state index in [9.17, 15) is 4.79 Å². The van der Waals surface area contributed by atoms with Crippen molar-refractivity contribution in [1.82, 2.24) is 9.47 Å². The van der Waals surface area contributed by atoms with Crippen LogP contribution in [0.5, 0.6) is 0 Å². The van der Waals surface area contributed by atoms with Crippen LogP contribution in [0.1, 0.15) is 29.0 Å². The summed E-state index contributed by atoms with van der Waals surface area (Å²) in [5, 5.41) is 0. The minimum Gasteiger partial charge on any atom is -0.378 e. The lowest BCUT2D eigenvalue weighted by atomic mass is 10.1. The van der Waals surface area contributed by atoms with Crippen molar-refractivity contribution in [3.8, 4) is 0 Å². The quantitative estimate of drug-likeness (QED) is 0.851. The number of carbonyl (C=O) groups is 1. The third kappa shape index (κ3) is 2.59. The normalized spacial score (nSPS) is 20.8. The van der Waals surface area contributed by atoms with Crippen molar-refractivity contribution in [2.45, 2.75) is 19.5 Å². The summed E-state index contributed by atoms with van der Waals surface area (Å²) >= 11 is 0. The molecule has 5 nitrogen and oxygen atoms in total. The molecule has 0 radical (unpaired) electrons. The number of hydrogen-bond acceptors (Lipinski definition) is 3. The van der Waals surface area contributed by atoms with Crippen molar-refractivity contribution in [3.05, 3.63) is 53.9 Å². The van der Waals surface area contributed by atoms with E-state index in [0.29, 0.717) is 0 Å². The maximum Gasteiger partial charge on any atom is 0.256 e. The van der Waals surface area contributed by atoms with Gasteiger partial charge in [-0.1, -0.05) is 12.1 Å².